The van der Waals surface area contributed by atoms with Crippen LogP contribution < -0.4 is 15.0 Å². The van der Waals surface area contributed by atoms with Crippen molar-refractivity contribution in [1.82, 2.24) is 20.1 Å². The van der Waals surface area contributed by atoms with Gasteiger partial charge in [0, 0.05) is 44.2 Å². The van der Waals surface area contributed by atoms with Crippen LogP contribution in [0.5, 0.6) is 5.88 Å². The number of nitrogens with zero attached hydrogens (tertiary/aromatic N) is 4. The summed E-state index contributed by atoms with van der Waals surface area (Å²) >= 11 is 0. The minimum absolute atomic E-state index is 0.478. The Morgan fingerprint density at radius 2 is 2.20 bits per heavy atom. The lowest BCUT2D eigenvalue weighted by Gasteiger charge is -2.32. The Bertz CT molecular complexity index is 875. The first kappa shape index (κ1) is 15.9. The van der Waals surface area contributed by atoms with Gasteiger partial charge in [-0.3, -0.25) is 4.68 Å². The molecule has 0 bridgehead atoms. The number of fused-ring (bicyclic) bond motifs is 1. The number of pyridine rings is 1. The molecule has 3 aromatic rings. The molecule has 0 amide bonds. The predicted molar refractivity (Wildman–Crippen MR) is 99.0 cm³/mol. The Hall–Kier alpha value is -2.60. The molecule has 1 saturated heterocycles. The first-order valence-electron chi connectivity index (χ1n) is 8.68. The van der Waals surface area contributed by atoms with Gasteiger partial charge in [0.25, 0.3) is 0 Å². The minimum atomic E-state index is 0.478. The van der Waals surface area contributed by atoms with Crippen LogP contribution in [0.3, 0.4) is 0 Å². The molecule has 0 saturated carbocycles. The van der Waals surface area contributed by atoms with E-state index in [4.69, 9.17) is 4.74 Å². The van der Waals surface area contributed by atoms with Crippen LogP contribution in [0.2, 0.25) is 0 Å². The molecular weight excluding hydrogens is 314 g/mol. The van der Waals surface area contributed by atoms with Crippen molar-refractivity contribution in [3.8, 4) is 5.88 Å². The number of piperazine rings is 1. The summed E-state index contributed by atoms with van der Waals surface area (Å²) in [6.45, 7) is 5.61. The molecule has 0 aliphatic carbocycles. The average molecular weight is 337 g/mol. The molecule has 0 unspecified atom stereocenters. The van der Waals surface area contributed by atoms with Crippen LogP contribution in [-0.4, -0.2) is 40.4 Å². The maximum absolute atomic E-state index is 5.93. The quantitative estimate of drug-likeness (QED) is 0.792. The van der Waals surface area contributed by atoms with Crippen LogP contribution in [0.15, 0.2) is 42.6 Å². The molecule has 1 atom stereocenters. The van der Waals surface area contributed by atoms with Gasteiger partial charge < -0.3 is 15.0 Å². The molecule has 0 spiro atoms. The van der Waals surface area contributed by atoms with Crippen LogP contribution >= 0.6 is 0 Å². The maximum Gasteiger partial charge on any atom is 0.215 e. The van der Waals surface area contributed by atoms with E-state index in [0.29, 0.717) is 18.5 Å². The lowest BCUT2D eigenvalue weighted by Crippen LogP contribution is -2.49. The molecule has 3 heterocycles. The third kappa shape index (κ3) is 3.44. The molecule has 4 rings (SSSR count). The van der Waals surface area contributed by atoms with Gasteiger partial charge in [-0.25, -0.2) is 0 Å². The fourth-order valence-corrected chi connectivity index (χ4v) is 3.24. The summed E-state index contributed by atoms with van der Waals surface area (Å²) in [6.07, 6.45) is 1.87. The van der Waals surface area contributed by atoms with Gasteiger partial charge in [0.05, 0.1) is 11.7 Å². The Morgan fingerprint density at radius 1 is 1.28 bits per heavy atom. The second-order valence-electron chi connectivity index (χ2n) is 6.59. The van der Waals surface area contributed by atoms with Gasteiger partial charge in [-0.15, -0.1) is 0 Å². The number of hydrogen-bond acceptors (Lipinski definition) is 5. The summed E-state index contributed by atoms with van der Waals surface area (Å²) < 4.78 is 7.81. The second kappa shape index (κ2) is 6.72. The standard InChI is InChI=1S/C19H23N5O/c1-14-12-24(9-8-20-14)18-4-3-5-19(22-18)25-13-15-6-7-16-11-21-23(2)17(16)10-15/h3-7,10-11,14,20H,8-9,12-13H2,1-2H3/t14-/m0/s1. The predicted octanol–water partition coefficient (Wildman–Crippen LogP) is 2.35. The van der Waals surface area contributed by atoms with Crippen molar-refractivity contribution < 1.29 is 4.74 Å². The number of ether oxygens (including phenoxy) is 1. The van der Waals surface area contributed by atoms with E-state index in [-0.39, 0.29) is 0 Å². The van der Waals surface area contributed by atoms with E-state index in [0.717, 1.165) is 41.9 Å². The van der Waals surface area contributed by atoms with Crippen molar-refractivity contribution in [2.24, 2.45) is 7.05 Å². The zero-order valence-corrected chi connectivity index (χ0v) is 14.6. The van der Waals surface area contributed by atoms with Crippen molar-refractivity contribution in [2.45, 2.75) is 19.6 Å². The van der Waals surface area contributed by atoms with Crippen LogP contribution in [0.4, 0.5) is 5.82 Å². The molecule has 1 aliphatic heterocycles. The highest BCUT2D eigenvalue weighted by Gasteiger charge is 2.17. The van der Waals surface area contributed by atoms with Crippen LogP contribution in [0.1, 0.15) is 12.5 Å². The summed E-state index contributed by atoms with van der Waals surface area (Å²) in [7, 11) is 1.95. The molecule has 0 radical (unpaired) electrons. The van der Waals surface area contributed by atoms with E-state index in [1.807, 2.05) is 36.1 Å². The molecular formula is C19H23N5O. The fraction of sp³-hybridized carbons (Fsp3) is 0.368. The first-order valence-corrected chi connectivity index (χ1v) is 8.68. The summed E-state index contributed by atoms with van der Waals surface area (Å²) in [5, 5.41) is 8.87. The Balaban J connectivity index is 1.46. The molecule has 130 valence electrons. The molecule has 1 N–H and O–H groups in total. The first-order chi connectivity index (χ1) is 12.2. The van der Waals surface area contributed by atoms with Gasteiger partial charge in [-0.1, -0.05) is 18.2 Å². The van der Waals surface area contributed by atoms with Crippen LogP contribution in [0, 0.1) is 0 Å². The SMILES string of the molecule is C[C@H]1CN(c2cccc(OCc3ccc4cnn(C)c4c3)n2)CCN1. The van der Waals surface area contributed by atoms with Crippen LogP contribution in [0.25, 0.3) is 10.9 Å². The number of nitrogens with one attached hydrogen (secondary N) is 1. The van der Waals surface area contributed by atoms with E-state index in [1.54, 1.807) is 0 Å². The summed E-state index contributed by atoms with van der Waals surface area (Å²) in [6, 6.07) is 12.7. The molecule has 1 aliphatic rings. The zero-order valence-electron chi connectivity index (χ0n) is 14.6. The summed E-state index contributed by atoms with van der Waals surface area (Å²) in [5.41, 5.74) is 2.22. The molecule has 6 nitrogen and oxygen atoms in total. The topological polar surface area (TPSA) is 55.2 Å². The van der Waals surface area contributed by atoms with Gasteiger partial charge in [-0.2, -0.15) is 10.1 Å². The Kier molecular flexibility index (Phi) is 4.28. The highest BCUT2D eigenvalue weighted by Crippen LogP contribution is 2.20. The smallest absolute Gasteiger partial charge is 0.215 e. The van der Waals surface area contributed by atoms with Gasteiger partial charge in [-0.05, 0) is 24.6 Å². The molecule has 1 fully saturated rings. The molecule has 6 heteroatoms. The van der Waals surface area contributed by atoms with E-state index in [2.05, 4.69) is 45.4 Å². The zero-order chi connectivity index (χ0) is 17.2. The van der Waals surface area contributed by atoms with Crippen molar-refractivity contribution in [3.63, 3.8) is 0 Å². The lowest BCUT2D eigenvalue weighted by atomic mass is 10.2. The number of hydrogen-bond donors (Lipinski definition) is 1. The Morgan fingerprint density at radius 3 is 3.08 bits per heavy atom. The number of benzene rings is 1. The van der Waals surface area contributed by atoms with Gasteiger partial charge in [0.15, 0.2) is 0 Å². The van der Waals surface area contributed by atoms with E-state index in [9.17, 15) is 0 Å². The van der Waals surface area contributed by atoms with E-state index >= 15 is 0 Å². The third-order valence-electron chi connectivity index (χ3n) is 4.60. The largest absolute Gasteiger partial charge is 0.473 e. The van der Waals surface area contributed by atoms with Crippen LogP contribution in [-0.2, 0) is 13.7 Å². The number of aromatic nitrogens is 3. The van der Waals surface area contributed by atoms with Gasteiger partial charge in [0.2, 0.25) is 5.88 Å². The highest BCUT2D eigenvalue weighted by molar-refractivity contribution is 5.79. The lowest BCUT2D eigenvalue weighted by molar-refractivity contribution is 0.294. The highest BCUT2D eigenvalue weighted by atomic mass is 16.5. The van der Waals surface area contributed by atoms with Crippen molar-refractivity contribution in [1.29, 1.82) is 0 Å². The summed E-state index contributed by atoms with van der Waals surface area (Å²) in [4.78, 5) is 6.98. The Labute approximate surface area is 147 Å². The van der Waals surface area contributed by atoms with Gasteiger partial charge >= 0.3 is 0 Å². The molecule has 2 aromatic heterocycles. The van der Waals surface area contributed by atoms with E-state index in [1.165, 1.54) is 0 Å². The molecule has 25 heavy (non-hydrogen) atoms. The van der Waals surface area contributed by atoms with Crippen molar-refractivity contribution >= 4 is 16.7 Å². The number of rotatable bonds is 4. The van der Waals surface area contributed by atoms with Crippen molar-refractivity contribution in [2.75, 3.05) is 24.5 Å². The van der Waals surface area contributed by atoms with Gasteiger partial charge in [0.1, 0.15) is 12.4 Å². The fourth-order valence-electron chi connectivity index (χ4n) is 3.24. The molecule has 1 aromatic carbocycles. The number of anilines is 1. The number of aryl methyl sites for hydroxylation is 1. The minimum Gasteiger partial charge on any atom is -0.473 e. The van der Waals surface area contributed by atoms with Crippen molar-refractivity contribution in [3.05, 3.63) is 48.2 Å². The summed E-state index contributed by atoms with van der Waals surface area (Å²) in [5.74, 6) is 1.64. The maximum atomic E-state index is 5.93. The monoisotopic (exact) mass is 337 g/mol. The normalized spacial score (nSPS) is 17.8. The average Bonchev–Trinajstić information content (AvgIpc) is 3.01. The second-order valence-corrected chi connectivity index (χ2v) is 6.59. The third-order valence-corrected chi connectivity index (χ3v) is 4.60. The van der Waals surface area contributed by atoms with E-state index < -0.39 is 0 Å².